The van der Waals surface area contributed by atoms with Gasteiger partial charge in [0.05, 0.1) is 38.6 Å². The third-order valence-electron chi connectivity index (χ3n) is 9.52. The maximum atomic E-state index is 10.7. The Morgan fingerprint density at radius 1 is 0.705 bits per heavy atom. The Morgan fingerprint density at radius 2 is 1.23 bits per heavy atom. The molecule has 11 heteroatoms. The summed E-state index contributed by atoms with van der Waals surface area (Å²) in [5.74, 6) is -0.766. The van der Waals surface area contributed by atoms with Crippen LogP contribution in [-0.2, 0) is 24.4 Å². The Morgan fingerprint density at radius 3 is 1.75 bits per heavy atom. The minimum atomic E-state index is -1.56. The molecule has 3 rings (SSSR count). The molecule has 2 fully saturated rings. The van der Waals surface area contributed by atoms with E-state index in [4.69, 9.17) is 18.9 Å². The van der Waals surface area contributed by atoms with E-state index in [2.05, 4.69) is 38.1 Å². The van der Waals surface area contributed by atoms with E-state index in [0.29, 0.717) is 6.42 Å². The molecule has 0 aromatic heterocycles. The van der Waals surface area contributed by atoms with Gasteiger partial charge < -0.3 is 54.7 Å². The van der Waals surface area contributed by atoms with Gasteiger partial charge in [-0.1, -0.05) is 76.8 Å². The second-order valence-corrected chi connectivity index (χ2v) is 12.7. The summed E-state index contributed by atoms with van der Waals surface area (Å²) in [6, 6.07) is 10.5. The molecule has 1 aromatic rings. The normalized spacial score (nSPS) is 33.8. The highest BCUT2D eigenvalue weighted by Gasteiger charge is 2.45. The zero-order valence-electron chi connectivity index (χ0n) is 26.5. The molecule has 0 aliphatic carbocycles. The van der Waals surface area contributed by atoms with Gasteiger partial charge >= 0.3 is 0 Å². The average molecular weight is 629 g/mol. The van der Waals surface area contributed by atoms with Crippen molar-refractivity contribution in [2.45, 2.75) is 133 Å². The monoisotopic (exact) mass is 628 g/mol. The molecule has 44 heavy (non-hydrogen) atoms. The van der Waals surface area contributed by atoms with Gasteiger partial charge in [-0.2, -0.15) is 0 Å². The smallest absolute Gasteiger partial charge is 0.186 e. The van der Waals surface area contributed by atoms with Gasteiger partial charge in [-0.05, 0) is 36.7 Å². The van der Waals surface area contributed by atoms with E-state index in [1.54, 1.807) is 6.92 Å². The maximum absolute atomic E-state index is 10.7. The highest BCUT2D eigenvalue weighted by atomic mass is 16.7. The molecular formula is C33H56O11. The molecule has 0 spiro atoms. The van der Waals surface area contributed by atoms with Crippen molar-refractivity contribution in [3.05, 3.63) is 35.9 Å². The lowest BCUT2D eigenvalue weighted by atomic mass is 9.69. The predicted molar refractivity (Wildman–Crippen MR) is 162 cm³/mol. The SMILES string of the molecule is CCCCC(CCCC)(CCC(CO[C@H]1OC(CO)[C@H](C)C(O)[C@H]1O)CO[C@H]1OC(CO)[C@H](O)C(O)[C@H]1O)c1ccccc1. The molecular weight excluding hydrogens is 572 g/mol. The summed E-state index contributed by atoms with van der Waals surface area (Å²) >= 11 is 0. The minimum Gasteiger partial charge on any atom is -0.394 e. The third kappa shape index (κ3) is 9.42. The molecule has 11 atom stereocenters. The molecule has 7 N–H and O–H groups in total. The Hall–Kier alpha value is -1.22. The van der Waals surface area contributed by atoms with Crippen molar-refractivity contribution in [2.24, 2.45) is 11.8 Å². The van der Waals surface area contributed by atoms with Gasteiger partial charge in [0.2, 0.25) is 0 Å². The van der Waals surface area contributed by atoms with Crippen molar-refractivity contribution in [1.29, 1.82) is 0 Å². The summed E-state index contributed by atoms with van der Waals surface area (Å²) < 4.78 is 23.4. The van der Waals surface area contributed by atoms with Crippen LogP contribution >= 0.6 is 0 Å². The molecule has 0 radical (unpaired) electrons. The predicted octanol–water partition coefficient (Wildman–Crippen LogP) is 1.61. The second kappa shape index (κ2) is 18.2. The number of hydrogen-bond acceptors (Lipinski definition) is 11. The molecule has 2 saturated heterocycles. The molecule has 2 heterocycles. The largest absolute Gasteiger partial charge is 0.394 e. The third-order valence-corrected chi connectivity index (χ3v) is 9.52. The van der Waals surface area contributed by atoms with E-state index in [1.165, 1.54) is 5.56 Å². The molecule has 2 aliphatic rings. The van der Waals surface area contributed by atoms with Gasteiger partial charge in [0.1, 0.15) is 30.5 Å². The first-order chi connectivity index (χ1) is 21.1. The first-order valence-corrected chi connectivity index (χ1v) is 16.3. The van der Waals surface area contributed by atoms with E-state index < -0.39 is 67.8 Å². The van der Waals surface area contributed by atoms with Crippen molar-refractivity contribution in [3.63, 3.8) is 0 Å². The summed E-state index contributed by atoms with van der Waals surface area (Å²) in [7, 11) is 0. The number of ether oxygens (including phenoxy) is 4. The molecule has 5 unspecified atom stereocenters. The number of aliphatic hydroxyl groups is 7. The van der Waals surface area contributed by atoms with Crippen molar-refractivity contribution in [3.8, 4) is 0 Å². The van der Waals surface area contributed by atoms with Crippen LogP contribution in [0.1, 0.15) is 77.7 Å². The fourth-order valence-electron chi connectivity index (χ4n) is 6.41. The first kappa shape index (κ1) is 37.2. The van der Waals surface area contributed by atoms with E-state index in [1.807, 2.05) is 6.07 Å². The summed E-state index contributed by atoms with van der Waals surface area (Å²) in [5, 5.41) is 71.5. The van der Waals surface area contributed by atoms with Crippen LogP contribution in [0.3, 0.4) is 0 Å². The van der Waals surface area contributed by atoms with Gasteiger partial charge in [-0.3, -0.25) is 0 Å². The van der Waals surface area contributed by atoms with Gasteiger partial charge in [0.15, 0.2) is 12.6 Å². The van der Waals surface area contributed by atoms with Gasteiger partial charge in [-0.15, -0.1) is 0 Å². The molecule has 11 nitrogen and oxygen atoms in total. The van der Waals surface area contributed by atoms with Crippen molar-refractivity contribution < 1.29 is 54.7 Å². The summed E-state index contributed by atoms with van der Waals surface area (Å²) in [5.41, 5.74) is 1.20. The van der Waals surface area contributed by atoms with E-state index >= 15 is 0 Å². The fraction of sp³-hybridized carbons (Fsp3) is 0.818. The van der Waals surface area contributed by atoms with Crippen LogP contribution in [0.15, 0.2) is 30.3 Å². The Bertz CT molecular complexity index is 868. The van der Waals surface area contributed by atoms with Gasteiger partial charge in [0.25, 0.3) is 0 Å². The number of hydrogen-bond donors (Lipinski definition) is 7. The number of unbranched alkanes of at least 4 members (excludes halogenated alkanes) is 2. The molecule has 254 valence electrons. The average Bonchev–Trinajstić information content (AvgIpc) is 3.05. The van der Waals surface area contributed by atoms with Crippen molar-refractivity contribution >= 4 is 0 Å². The van der Waals surface area contributed by atoms with Gasteiger partial charge in [-0.25, -0.2) is 0 Å². The molecule has 1 aromatic carbocycles. The van der Waals surface area contributed by atoms with Gasteiger partial charge in [0, 0.05) is 11.8 Å². The van der Waals surface area contributed by atoms with Crippen LogP contribution in [-0.4, -0.2) is 117 Å². The molecule has 0 amide bonds. The standard InChI is InChI=1S/C33H56O11/c1-4-6-14-33(15-7-5-2,23-11-9-8-10-12-23)16-13-22(19-41-31-29(39)26(36)21(3)24(17-34)43-31)20-42-32-30(40)28(38)27(37)25(18-35)44-32/h8-12,21-22,24-32,34-40H,4-7,13-20H2,1-3H3/t21-,22?,24?,25?,26?,27-,28?,29+,30+,31-,32-/m0/s1. The maximum Gasteiger partial charge on any atom is 0.186 e. The second-order valence-electron chi connectivity index (χ2n) is 12.7. The number of benzene rings is 1. The summed E-state index contributed by atoms with van der Waals surface area (Å²) in [6.07, 6.45) is -3.49. The van der Waals surface area contributed by atoms with E-state index in [0.717, 1.165) is 44.9 Å². The molecule has 0 saturated carbocycles. The highest BCUT2D eigenvalue weighted by Crippen LogP contribution is 2.41. The van der Waals surface area contributed by atoms with E-state index in [-0.39, 0.29) is 31.2 Å². The van der Waals surface area contributed by atoms with Crippen LogP contribution in [0.5, 0.6) is 0 Å². The van der Waals surface area contributed by atoms with Crippen LogP contribution in [0.2, 0.25) is 0 Å². The lowest BCUT2D eigenvalue weighted by molar-refractivity contribution is -0.308. The highest BCUT2D eigenvalue weighted by molar-refractivity contribution is 5.25. The summed E-state index contributed by atoms with van der Waals surface area (Å²) in [4.78, 5) is 0. The van der Waals surface area contributed by atoms with Crippen molar-refractivity contribution in [1.82, 2.24) is 0 Å². The lowest BCUT2D eigenvalue weighted by Gasteiger charge is -2.42. The first-order valence-electron chi connectivity index (χ1n) is 16.3. The Labute approximate surface area is 261 Å². The van der Waals surface area contributed by atoms with E-state index in [9.17, 15) is 35.7 Å². The Kier molecular flexibility index (Phi) is 15.4. The van der Waals surface area contributed by atoms with Crippen LogP contribution in [0.4, 0.5) is 0 Å². The molecule has 0 bridgehead atoms. The minimum absolute atomic E-state index is 0.0420. The van der Waals surface area contributed by atoms with Crippen molar-refractivity contribution in [2.75, 3.05) is 26.4 Å². The topological polar surface area (TPSA) is 179 Å². The Balaban J connectivity index is 1.81. The van der Waals surface area contributed by atoms with Crippen LogP contribution in [0, 0.1) is 11.8 Å². The quantitative estimate of drug-likeness (QED) is 0.126. The summed E-state index contributed by atoms with van der Waals surface area (Å²) in [6.45, 7) is 5.29. The van der Waals surface area contributed by atoms with Crippen LogP contribution < -0.4 is 0 Å². The van der Waals surface area contributed by atoms with Crippen LogP contribution in [0.25, 0.3) is 0 Å². The zero-order chi connectivity index (χ0) is 32.3. The number of rotatable bonds is 18. The molecule has 2 aliphatic heterocycles. The zero-order valence-corrected chi connectivity index (χ0v) is 26.5. The fourth-order valence-corrected chi connectivity index (χ4v) is 6.41. The lowest BCUT2D eigenvalue weighted by Crippen LogP contribution is -2.59. The number of aliphatic hydroxyl groups excluding tert-OH is 7.